The third kappa shape index (κ3) is 4.52. The maximum atomic E-state index is 9.25. The van der Waals surface area contributed by atoms with Crippen molar-refractivity contribution in [3.63, 3.8) is 0 Å². The van der Waals surface area contributed by atoms with Gasteiger partial charge < -0.3 is 20.5 Å². The molecule has 7 heteroatoms. The topological polar surface area (TPSA) is 99.6 Å². The lowest BCUT2D eigenvalue weighted by Crippen LogP contribution is -2.30. The quantitative estimate of drug-likeness (QED) is 0.379. The molecule has 0 atom stereocenters. The Kier molecular flexibility index (Phi) is 5.27. The highest BCUT2D eigenvalue weighted by atomic mass is 32.2. The standard InChI is InChI=1S/C14H15BN2O3S/c16-14(17)21-9-10-8-11(15(18)19)6-7-13(10)20-12-4-2-1-3-5-12/h1-8,18-19H,9H2,(H3,16,17). The van der Waals surface area contributed by atoms with E-state index >= 15 is 0 Å². The molecule has 5 nitrogen and oxygen atoms in total. The molecule has 2 aromatic carbocycles. The summed E-state index contributed by atoms with van der Waals surface area (Å²) >= 11 is 1.15. The van der Waals surface area contributed by atoms with Gasteiger partial charge in [-0.2, -0.15) is 0 Å². The number of para-hydroxylation sites is 1. The molecule has 0 unspecified atom stereocenters. The van der Waals surface area contributed by atoms with Gasteiger partial charge in [-0.05, 0) is 23.7 Å². The van der Waals surface area contributed by atoms with Crippen LogP contribution < -0.4 is 15.9 Å². The lowest BCUT2D eigenvalue weighted by molar-refractivity contribution is 0.425. The van der Waals surface area contributed by atoms with Crippen LogP contribution in [0.1, 0.15) is 5.56 Å². The minimum atomic E-state index is -1.54. The molecule has 0 heterocycles. The molecule has 0 bridgehead atoms. The number of ether oxygens (including phenoxy) is 1. The Morgan fingerprint density at radius 2 is 1.90 bits per heavy atom. The van der Waals surface area contributed by atoms with Crippen LogP contribution in [0.5, 0.6) is 11.5 Å². The lowest BCUT2D eigenvalue weighted by atomic mass is 9.79. The molecule has 21 heavy (non-hydrogen) atoms. The lowest BCUT2D eigenvalue weighted by Gasteiger charge is -2.12. The van der Waals surface area contributed by atoms with Crippen molar-refractivity contribution < 1.29 is 14.8 Å². The molecule has 0 amide bonds. The Hall–Kier alpha value is -1.96. The van der Waals surface area contributed by atoms with E-state index in [9.17, 15) is 10.0 Å². The van der Waals surface area contributed by atoms with Crippen molar-refractivity contribution in [3.8, 4) is 11.5 Å². The largest absolute Gasteiger partial charge is 0.488 e. The number of benzene rings is 2. The number of thioether (sulfide) groups is 1. The van der Waals surface area contributed by atoms with Gasteiger partial charge in [0, 0.05) is 11.3 Å². The second-order valence-corrected chi connectivity index (χ2v) is 5.33. The predicted molar refractivity (Wildman–Crippen MR) is 86.0 cm³/mol. The molecule has 0 spiro atoms. The van der Waals surface area contributed by atoms with Crippen LogP contribution in [-0.4, -0.2) is 22.3 Å². The number of hydrogen-bond acceptors (Lipinski definition) is 5. The van der Waals surface area contributed by atoms with Crippen molar-refractivity contribution in [1.29, 1.82) is 5.41 Å². The third-order valence-electron chi connectivity index (χ3n) is 2.74. The second kappa shape index (κ2) is 7.17. The highest BCUT2D eigenvalue weighted by Crippen LogP contribution is 2.27. The summed E-state index contributed by atoms with van der Waals surface area (Å²) in [7, 11) is -1.54. The summed E-state index contributed by atoms with van der Waals surface area (Å²) in [6.45, 7) is 0. The Balaban J connectivity index is 2.27. The molecule has 0 fully saturated rings. The Morgan fingerprint density at radius 1 is 1.19 bits per heavy atom. The van der Waals surface area contributed by atoms with E-state index in [4.69, 9.17) is 15.9 Å². The van der Waals surface area contributed by atoms with Crippen molar-refractivity contribution in [3.05, 3.63) is 54.1 Å². The van der Waals surface area contributed by atoms with Crippen molar-refractivity contribution in [2.24, 2.45) is 5.73 Å². The first-order chi connectivity index (χ1) is 10.1. The molecule has 0 aliphatic rings. The van der Waals surface area contributed by atoms with Gasteiger partial charge >= 0.3 is 7.12 Å². The average molecular weight is 302 g/mol. The molecule has 2 rings (SSSR count). The number of nitrogens with two attached hydrogens (primary N) is 1. The van der Waals surface area contributed by atoms with Crippen LogP contribution in [0.25, 0.3) is 0 Å². The van der Waals surface area contributed by atoms with Gasteiger partial charge in [-0.3, -0.25) is 5.41 Å². The van der Waals surface area contributed by atoms with E-state index in [1.165, 1.54) is 0 Å². The number of rotatable bonds is 5. The monoisotopic (exact) mass is 302 g/mol. The van der Waals surface area contributed by atoms with Crippen LogP contribution in [0.4, 0.5) is 0 Å². The summed E-state index contributed by atoms with van der Waals surface area (Å²) in [6.07, 6.45) is 0. The highest BCUT2D eigenvalue weighted by Gasteiger charge is 2.15. The van der Waals surface area contributed by atoms with Crippen molar-refractivity contribution in [1.82, 2.24) is 0 Å². The summed E-state index contributed by atoms with van der Waals surface area (Å²) in [4.78, 5) is 0. The Bertz CT molecular complexity index is 623. The fraction of sp³-hybridized carbons (Fsp3) is 0.0714. The first kappa shape index (κ1) is 15.4. The summed E-state index contributed by atoms with van der Waals surface area (Å²) < 4.78 is 5.79. The fourth-order valence-electron chi connectivity index (χ4n) is 1.74. The number of hydrogen-bond donors (Lipinski definition) is 4. The molecule has 0 aliphatic heterocycles. The molecular formula is C14H15BN2O3S. The smallest absolute Gasteiger partial charge is 0.457 e. The fourth-order valence-corrected chi connectivity index (χ4v) is 2.28. The van der Waals surface area contributed by atoms with Crippen LogP contribution >= 0.6 is 11.8 Å². The summed E-state index contributed by atoms with van der Waals surface area (Å²) in [6, 6.07) is 14.2. The van der Waals surface area contributed by atoms with Crippen molar-refractivity contribution >= 4 is 29.5 Å². The van der Waals surface area contributed by atoms with E-state index in [1.54, 1.807) is 18.2 Å². The van der Waals surface area contributed by atoms with E-state index in [0.717, 1.165) is 17.3 Å². The van der Waals surface area contributed by atoms with E-state index in [-0.39, 0.29) is 5.17 Å². The predicted octanol–water partition coefficient (Wildman–Crippen LogP) is 1.29. The zero-order chi connectivity index (χ0) is 15.2. The molecular weight excluding hydrogens is 287 g/mol. The van der Waals surface area contributed by atoms with Gasteiger partial charge in [-0.1, -0.05) is 42.1 Å². The molecule has 0 saturated heterocycles. The van der Waals surface area contributed by atoms with Gasteiger partial charge in [0.15, 0.2) is 5.17 Å². The maximum absolute atomic E-state index is 9.25. The number of amidine groups is 1. The van der Waals surface area contributed by atoms with E-state index < -0.39 is 7.12 Å². The molecule has 2 aromatic rings. The van der Waals surface area contributed by atoms with Crippen LogP contribution in [0.3, 0.4) is 0 Å². The zero-order valence-corrected chi connectivity index (χ0v) is 12.0. The van der Waals surface area contributed by atoms with Crippen LogP contribution in [0, 0.1) is 5.41 Å². The summed E-state index contributed by atoms with van der Waals surface area (Å²) in [5, 5.41) is 25.8. The molecule has 0 aromatic heterocycles. The van der Waals surface area contributed by atoms with Gasteiger partial charge in [0.05, 0.1) is 0 Å². The maximum Gasteiger partial charge on any atom is 0.488 e. The Labute approximate surface area is 127 Å². The van der Waals surface area contributed by atoms with E-state index in [1.807, 2.05) is 30.3 Å². The van der Waals surface area contributed by atoms with Crippen LogP contribution in [0.2, 0.25) is 0 Å². The second-order valence-electron chi connectivity index (χ2n) is 4.31. The van der Waals surface area contributed by atoms with Crippen LogP contribution in [-0.2, 0) is 5.75 Å². The highest BCUT2D eigenvalue weighted by molar-refractivity contribution is 8.13. The average Bonchev–Trinajstić information content (AvgIpc) is 2.47. The minimum Gasteiger partial charge on any atom is -0.457 e. The van der Waals surface area contributed by atoms with Gasteiger partial charge in [0.25, 0.3) is 0 Å². The van der Waals surface area contributed by atoms with Gasteiger partial charge in [-0.15, -0.1) is 0 Å². The van der Waals surface area contributed by atoms with E-state index in [0.29, 0.717) is 22.7 Å². The summed E-state index contributed by atoms with van der Waals surface area (Å²) in [5.41, 5.74) is 6.46. The van der Waals surface area contributed by atoms with Crippen LogP contribution in [0.15, 0.2) is 48.5 Å². The Morgan fingerprint density at radius 3 is 2.52 bits per heavy atom. The molecule has 0 aliphatic carbocycles. The number of nitrogens with one attached hydrogen (secondary N) is 1. The first-order valence-corrected chi connectivity index (χ1v) is 7.23. The molecule has 0 radical (unpaired) electrons. The van der Waals surface area contributed by atoms with Gasteiger partial charge in [-0.25, -0.2) is 0 Å². The molecule has 5 N–H and O–H groups in total. The van der Waals surface area contributed by atoms with Gasteiger partial charge in [0.2, 0.25) is 0 Å². The van der Waals surface area contributed by atoms with Crippen molar-refractivity contribution in [2.75, 3.05) is 0 Å². The summed E-state index contributed by atoms with van der Waals surface area (Å²) in [5.74, 6) is 1.70. The molecule has 0 saturated carbocycles. The minimum absolute atomic E-state index is 0.00406. The third-order valence-corrected chi connectivity index (χ3v) is 3.50. The van der Waals surface area contributed by atoms with Crippen molar-refractivity contribution in [2.45, 2.75) is 5.75 Å². The SMILES string of the molecule is N=C(N)SCc1cc(B(O)O)ccc1Oc1ccccc1. The zero-order valence-electron chi connectivity index (χ0n) is 11.2. The molecule has 108 valence electrons. The first-order valence-electron chi connectivity index (χ1n) is 6.25. The van der Waals surface area contributed by atoms with Gasteiger partial charge in [0.1, 0.15) is 11.5 Å². The normalized spacial score (nSPS) is 10.2. The van der Waals surface area contributed by atoms with E-state index in [2.05, 4.69) is 0 Å².